The molecule has 0 bridgehead atoms. The minimum Gasteiger partial charge on any atom is -0.287 e. The smallest absolute Gasteiger partial charge is 0.287 e. The Hall–Kier alpha value is -0.260. The first-order valence-corrected chi connectivity index (χ1v) is 5.20. The molecule has 0 saturated heterocycles. The topological polar surface area (TPSA) is 17.1 Å². The molecule has 0 fully saturated rings. The van der Waals surface area contributed by atoms with E-state index in [0.717, 1.165) is 11.8 Å². The molecule has 6 heteroatoms. The summed E-state index contributed by atoms with van der Waals surface area (Å²) in [6.07, 6.45) is -4.23. The van der Waals surface area contributed by atoms with Gasteiger partial charge in [0.15, 0.2) is 5.12 Å². The van der Waals surface area contributed by atoms with Gasteiger partial charge < -0.3 is 0 Å². The molecule has 0 amide bonds. The molecule has 0 aromatic rings. The molecular weight excluding hydrogens is 220 g/mol. The molecule has 0 aliphatic heterocycles. The summed E-state index contributed by atoms with van der Waals surface area (Å²) >= 11 is 0.912. The van der Waals surface area contributed by atoms with E-state index in [1.807, 2.05) is 0 Å². The lowest BCUT2D eigenvalue weighted by Gasteiger charge is -2.14. The van der Waals surface area contributed by atoms with Crippen LogP contribution in [0.15, 0.2) is 0 Å². The van der Waals surface area contributed by atoms with Crippen LogP contribution in [-0.4, -0.2) is 23.2 Å². The Morgan fingerprint density at radius 2 is 2.00 bits per heavy atom. The van der Waals surface area contributed by atoms with Gasteiger partial charge in [0, 0.05) is 18.6 Å². The Morgan fingerprint density at radius 3 is 2.43 bits per heavy atom. The first-order chi connectivity index (χ1) is 6.40. The van der Waals surface area contributed by atoms with E-state index in [0.29, 0.717) is 6.42 Å². The highest BCUT2D eigenvalue weighted by atomic mass is 32.2. The van der Waals surface area contributed by atoms with Crippen LogP contribution in [0, 0.1) is 0 Å². The van der Waals surface area contributed by atoms with Crippen LogP contribution in [0.1, 0.15) is 26.2 Å². The standard InChI is InChI=1S/C8H12F4OS/c1-2-6(13)14-5-3-4-8(11,12)7(9)10/h7H,2-5H2,1H3. The molecule has 0 atom stereocenters. The van der Waals surface area contributed by atoms with E-state index in [9.17, 15) is 22.4 Å². The monoisotopic (exact) mass is 232 g/mol. The van der Waals surface area contributed by atoms with E-state index < -0.39 is 18.8 Å². The Balaban J connectivity index is 3.59. The second-order valence-electron chi connectivity index (χ2n) is 2.74. The molecular formula is C8H12F4OS. The first kappa shape index (κ1) is 13.7. The molecule has 0 rings (SSSR count). The lowest BCUT2D eigenvalue weighted by atomic mass is 10.2. The van der Waals surface area contributed by atoms with Gasteiger partial charge in [-0.2, -0.15) is 0 Å². The van der Waals surface area contributed by atoms with Crippen molar-refractivity contribution in [2.45, 2.75) is 38.5 Å². The zero-order valence-corrected chi connectivity index (χ0v) is 8.55. The van der Waals surface area contributed by atoms with Crippen LogP contribution in [0.5, 0.6) is 0 Å². The van der Waals surface area contributed by atoms with Crippen LogP contribution < -0.4 is 0 Å². The SMILES string of the molecule is CCC(=O)SCCCC(F)(F)C(F)F. The van der Waals surface area contributed by atoms with Gasteiger partial charge in [0.25, 0.3) is 0 Å². The quantitative estimate of drug-likeness (QED) is 0.516. The predicted octanol–water partition coefficient (Wildman–Crippen LogP) is 3.34. The van der Waals surface area contributed by atoms with Crippen LogP contribution in [-0.2, 0) is 4.79 Å². The summed E-state index contributed by atoms with van der Waals surface area (Å²) in [4.78, 5) is 10.7. The zero-order chi connectivity index (χ0) is 11.2. The van der Waals surface area contributed by atoms with Crippen molar-refractivity contribution in [1.29, 1.82) is 0 Å². The highest BCUT2D eigenvalue weighted by Gasteiger charge is 2.39. The second-order valence-corrected chi connectivity index (χ2v) is 3.89. The molecule has 0 aliphatic carbocycles. The van der Waals surface area contributed by atoms with E-state index in [2.05, 4.69) is 0 Å². The van der Waals surface area contributed by atoms with Gasteiger partial charge in [-0.3, -0.25) is 4.79 Å². The van der Waals surface area contributed by atoms with Gasteiger partial charge in [-0.25, -0.2) is 17.6 Å². The molecule has 84 valence electrons. The molecule has 0 heterocycles. The van der Waals surface area contributed by atoms with Crippen LogP contribution in [0.2, 0.25) is 0 Å². The van der Waals surface area contributed by atoms with Crippen molar-refractivity contribution in [3.05, 3.63) is 0 Å². The first-order valence-electron chi connectivity index (χ1n) is 4.21. The fourth-order valence-corrected chi connectivity index (χ4v) is 1.43. The molecule has 0 spiro atoms. The van der Waals surface area contributed by atoms with Crippen LogP contribution >= 0.6 is 11.8 Å². The number of hydrogen-bond acceptors (Lipinski definition) is 2. The maximum atomic E-state index is 12.3. The van der Waals surface area contributed by atoms with Gasteiger partial charge >= 0.3 is 12.3 Å². The van der Waals surface area contributed by atoms with Crippen molar-refractivity contribution >= 4 is 16.9 Å². The van der Waals surface area contributed by atoms with Crippen LogP contribution in [0.3, 0.4) is 0 Å². The van der Waals surface area contributed by atoms with Gasteiger partial charge in [0.05, 0.1) is 0 Å². The number of carbonyl (C=O) groups is 1. The number of hydrogen-bond donors (Lipinski definition) is 0. The largest absolute Gasteiger partial charge is 0.307 e. The van der Waals surface area contributed by atoms with Gasteiger partial charge in [-0.1, -0.05) is 18.7 Å². The highest BCUT2D eigenvalue weighted by Crippen LogP contribution is 2.28. The maximum absolute atomic E-state index is 12.3. The van der Waals surface area contributed by atoms with Crippen molar-refractivity contribution in [3.63, 3.8) is 0 Å². The summed E-state index contributed by atoms with van der Waals surface area (Å²) in [6.45, 7) is 1.66. The van der Waals surface area contributed by atoms with Crippen molar-refractivity contribution in [3.8, 4) is 0 Å². The molecule has 0 N–H and O–H groups in total. The van der Waals surface area contributed by atoms with E-state index >= 15 is 0 Å². The number of alkyl halides is 4. The fraction of sp³-hybridized carbons (Fsp3) is 0.875. The molecule has 0 unspecified atom stereocenters. The Morgan fingerprint density at radius 1 is 1.43 bits per heavy atom. The molecule has 0 aliphatic rings. The van der Waals surface area contributed by atoms with E-state index in [4.69, 9.17) is 0 Å². The van der Waals surface area contributed by atoms with Crippen molar-refractivity contribution in [2.75, 3.05) is 5.75 Å². The Kier molecular flexibility index (Phi) is 6.15. The summed E-state index contributed by atoms with van der Waals surface area (Å²) in [5, 5.41) is -0.106. The van der Waals surface area contributed by atoms with Crippen molar-refractivity contribution in [2.24, 2.45) is 0 Å². The zero-order valence-electron chi connectivity index (χ0n) is 7.73. The summed E-state index contributed by atoms with van der Waals surface area (Å²) in [5.41, 5.74) is 0. The molecule has 0 aromatic heterocycles. The lowest BCUT2D eigenvalue weighted by Crippen LogP contribution is -2.26. The Bertz CT molecular complexity index is 184. The second kappa shape index (κ2) is 6.27. The molecule has 0 saturated carbocycles. The fourth-order valence-electron chi connectivity index (χ4n) is 0.705. The number of thioether (sulfide) groups is 1. The van der Waals surface area contributed by atoms with E-state index in [-0.39, 0.29) is 17.3 Å². The van der Waals surface area contributed by atoms with Crippen molar-refractivity contribution in [1.82, 2.24) is 0 Å². The van der Waals surface area contributed by atoms with Crippen LogP contribution in [0.25, 0.3) is 0 Å². The molecule has 1 nitrogen and oxygen atoms in total. The molecule has 14 heavy (non-hydrogen) atoms. The van der Waals surface area contributed by atoms with E-state index in [1.54, 1.807) is 6.92 Å². The third-order valence-corrected chi connectivity index (χ3v) is 2.63. The summed E-state index contributed by atoms with van der Waals surface area (Å²) < 4.78 is 47.9. The number of rotatable bonds is 6. The highest BCUT2D eigenvalue weighted by molar-refractivity contribution is 8.13. The predicted molar refractivity (Wildman–Crippen MR) is 47.9 cm³/mol. The van der Waals surface area contributed by atoms with Crippen molar-refractivity contribution < 1.29 is 22.4 Å². The Labute approximate surface area is 84.2 Å². The average Bonchev–Trinajstić information content (AvgIpc) is 2.11. The minimum absolute atomic E-state index is 0.0756. The van der Waals surface area contributed by atoms with Gasteiger partial charge in [-0.15, -0.1) is 0 Å². The third-order valence-electron chi connectivity index (χ3n) is 1.53. The van der Waals surface area contributed by atoms with Gasteiger partial charge in [0.2, 0.25) is 0 Å². The van der Waals surface area contributed by atoms with Crippen LogP contribution in [0.4, 0.5) is 17.6 Å². The van der Waals surface area contributed by atoms with E-state index in [1.165, 1.54) is 0 Å². The number of carbonyl (C=O) groups excluding carboxylic acids is 1. The normalized spacial score (nSPS) is 12.1. The summed E-state index contributed by atoms with van der Waals surface area (Å²) in [5.74, 6) is -3.75. The summed E-state index contributed by atoms with van der Waals surface area (Å²) in [6, 6.07) is 0. The average molecular weight is 232 g/mol. The minimum atomic E-state index is -3.92. The van der Waals surface area contributed by atoms with Gasteiger partial charge in [0.1, 0.15) is 0 Å². The lowest BCUT2D eigenvalue weighted by molar-refractivity contribution is -0.132. The molecule has 0 radical (unpaired) electrons. The third kappa shape index (κ3) is 5.47. The number of halogens is 4. The molecule has 0 aromatic carbocycles. The van der Waals surface area contributed by atoms with Gasteiger partial charge in [-0.05, 0) is 6.42 Å². The maximum Gasteiger partial charge on any atom is 0.307 e. The summed E-state index contributed by atoms with van der Waals surface area (Å²) in [7, 11) is 0.